The van der Waals surface area contributed by atoms with Gasteiger partial charge in [-0.2, -0.15) is 15.0 Å². The Bertz CT molecular complexity index is 593. The normalized spacial score (nSPS) is 10.3. The molecule has 0 aliphatic heterocycles. The van der Waals surface area contributed by atoms with Crippen LogP contribution in [0, 0.1) is 0 Å². The third-order valence-electron chi connectivity index (χ3n) is 2.12. The van der Waals surface area contributed by atoms with Crippen molar-refractivity contribution in [1.29, 1.82) is 0 Å². The molecule has 0 bridgehead atoms. The number of rotatable bonds is 4. The van der Waals surface area contributed by atoms with Gasteiger partial charge >= 0.3 is 0 Å². The highest BCUT2D eigenvalue weighted by molar-refractivity contribution is 9.10. The Morgan fingerprint density at radius 1 is 1.16 bits per heavy atom. The summed E-state index contributed by atoms with van der Waals surface area (Å²) in [5, 5.41) is 6.74. The van der Waals surface area contributed by atoms with E-state index in [1.807, 2.05) is 13.0 Å². The van der Waals surface area contributed by atoms with Gasteiger partial charge in [0, 0.05) is 16.0 Å². The van der Waals surface area contributed by atoms with E-state index in [0.717, 1.165) is 10.2 Å². The Labute approximate surface area is 128 Å². The first-order valence-corrected chi connectivity index (χ1v) is 7.01. The van der Waals surface area contributed by atoms with Crippen LogP contribution < -0.4 is 10.6 Å². The second-order valence-corrected chi connectivity index (χ2v) is 5.16. The van der Waals surface area contributed by atoms with Gasteiger partial charge in [-0.3, -0.25) is 0 Å². The van der Waals surface area contributed by atoms with Crippen LogP contribution >= 0.6 is 39.1 Å². The van der Waals surface area contributed by atoms with Crippen molar-refractivity contribution in [3.05, 3.63) is 33.0 Å². The summed E-state index contributed by atoms with van der Waals surface area (Å²) in [6.07, 6.45) is 0. The molecule has 0 radical (unpaired) electrons. The average molecular weight is 363 g/mol. The molecule has 1 aromatic carbocycles. The maximum atomic E-state index is 5.94. The molecule has 0 unspecified atom stereocenters. The van der Waals surface area contributed by atoms with Gasteiger partial charge in [-0.1, -0.05) is 11.6 Å². The first-order valence-electron chi connectivity index (χ1n) is 5.46. The van der Waals surface area contributed by atoms with Gasteiger partial charge in [0.15, 0.2) is 0 Å². The highest BCUT2D eigenvalue weighted by atomic mass is 79.9. The van der Waals surface area contributed by atoms with Gasteiger partial charge in [-0.25, -0.2) is 0 Å². The fourth-order valence-electron chi connectivity index (χ4n) is 1.36. The van der Waals surface area contributed by atoms with Crippen molar-refractivity contribution in [2.24, 2.45) is 0 Å². The standard InChI is InChI=1S/C11H10BrCl2N5/c1-2-15-10-17-9(14)18-11(19-10)16-8-5-6(13)3-4-7(8)12/h3-5H,2H2,1H3,(H2,15,16,17,18,19). The fraction of sp³-hybridized carbons (Fsp3) is 0.182. The third-order valence-corrected chi connectivity index (χ3v) is 3.21. The van der Waals surface area contributed by atoms with E-state index in [0.29, 0.717) is 23.5 Å². The van der Waals surface area contributed by atoms with Gasteiger partial charge in [0.1, 0.15) is 0 Å². The number of aromatic nitrogens is 3. The minimum absolute atomic E-state index is 0.117. The predicted octanol–water partition coefficient (Wildman–Crippen LogP) is 4.12. The average Bonchev–Trinajstić information content (AvgIpc) is 2.33. The zero-order chi connectivity index (χ0) is 13.8. The third kappa shape index (κ3) is 3.92. The van der Waals surface area contributed by atoms with Crippen LogP contribution in [0.25, 0.3) is 0 Å². The van der Waals surface area contributed by atoms with E-state index < -0.39 is 0 Å². The zero-order valence-electron chi connectivity index (χ0n) is 9.91. The second kappa shape index (κ2) is 6.36. The summed E-state index contributed by atoms with van der Waals surface area (Å²) in [5.74, 6) is 0.766. The molecular weight excluding hydrogens is 353 g/mol. The smallest absolute Gasteiger partial charge is 0.233 e. The minimum Gasteiger partial charge on any atom is -0.354 e. The van der Waals surface area contributed by atoms with Gasteiger partial charge in [0.2, 0.25) is 17.2 Å². The lowest BCUT2D eigenvalue weighted by atomic mass is 10.3. The van der Waals surface area contributed by atoms with Crippen molar-refractivity contribution in [1.82, 2.24) is 15.0 Å². The molecule has 1 heterocycles. The summed E-state index contributed by atoms with van der Waals surface area (Å²) >= 11 is 15.2. The Morgan fingerprint density at radius 2 is 1.89 bits per heavy atom. The number of anilines is 3. The molecule has 2 N–H and O–H groups in total. The molecule has 0 amide bonds. The highest BCUT2D eigenvalue weighted by Gasteiger charge is 2.07. The summed E-state index contributed by atoms with van der Waals surface area (Å²) in [4.78, 5) is 12.2. The first kappa shape index (κ1) is 14.3. The Morgan fingerprint density at radius 3 is 2.63 bits per heavy atom. The molecule has 0 aliphatic rings. The van der Waals surface area contributed by atoms with Crippen LogP contribution in [0.5, 0.6) is 0 Å². The zero-order valence-corrected chi connectivity index (χ0v) is 13.0. The summed E-state index contributed by atoms with van der Waals surface area (Å²) in [7, 11) is 0. The lowest BCUT2D eigenvalue weighted by molar-refractivity contribution is 1.02. The summed E-state index contributed by atoms with van der Waals surface area (Å²) in [5.41, 5.74) is 0.747. The Hall–Kier alpha value is -1.11. The van der Waals surface area contributed by atoms with Crippen molar-refractivity contribution in [3.63, 3.8) is 0 Å². The van der Waals surface area contributed by atoms with Crippen LogP contribution in [0.4, 0.5) is 17.6 Å². The van der Waals surface area contributed by atoms with Gasteiger partial charge in [0.05, 0.1) is 5.69 Å². The molecular formula is C11H10BrCl2N5. The van der Waals surface area contributed by atoms with Crippen LogP contribution in [-0.2, 0) is 0 Å². The summed E-state index contributed by atoms with van der Waals surface area (Å²) in [6, 6.07) is 5.37. The first-order chi connectivity index (χ1) is 9.08. The molecule has 0 spiro atoms. The molecule has 0 fully saturated rings. The molecule has 100 valence electrons. The summed E-state index contributed by atoms with van der Waals surface area (Å²) < 4.78 is 0.846. The lowest BCUT2D eigenvalue weighted by Crippen LogP contribution is -2.06. The van der Waals surface area contributed by atoms with Crippen LogP contribution in [0.2, 0.25) is 10.3 Å². The molecule has 8 heteroatoms. The van der Waals surface area contributed by atoms with Crippen molar-refractivity contribution in [3.8, 4) is 0 Å². The predicted molar refractivity (Wildman–Crippen MR) is 81.4 cm³/mol. The topological polar surface area (TPSA) is 62.7 Å². The van der Waals surface area contributed by atoms with Crippen molar-refractivity contribution < 1.29 is 0 Å². The van der Waals surface area contributed by atoms with Gasteiger partial charge in [-0.15, -0.1) is 0 Å². The van der Waals surface area contributed by atoms with E-state index in [-0.39, 0.29) is 5.28 Å². The number of hydrogen-bond acceptors (Lipinski definition) is 5. The molecule has 5 nitrogen and oxygen atoms in total. The Kier molecular flexibility index (Phi) is 4.79. The van der Waals surface area contributed by atoms with Crippen molar-refractivity contribution in [2.45, 2.75) is 6.92 Å². The van der Waals surface area contributed by atoms with E-state index in [1.165, 1.54) is 0 Å². The van der Waals surface area contributed by atoms with Crippen LogP contribution in [0.3, 0.4) is 0 Å². The molecule has 2 aromatic rings. The maximum Gasteiger partial charge on any atom is 0.233 e. The van der Waals surface area contributed by atoms with Gasteiger partial charge in [-0.05, 0) is 52.7 Å². The van der Waals surface area contributed by atoms with E-state index in [9.17, 15) is 0 Å². The van der Waals surface area contributed by atoms with E-state index in [1.54, 1.807) is 12.1 Å². The minimum atomic E-state index is 0.117. The SMILES string of the molecule is CCNc1nc(Cl)nc(Nc2cc(Cl)ccc2Br)n1. The molecule has 0 saturated carbocycles. The number of benzene rings is 1. The van der Waals surface area contributed by atoms with E-state index >= 15 is 0 Å². The van der Waals surface area contributed by atoms with Gasteiger partial charge in [0.25, 0.3) is 0 Å². The van der Waals surface area contributed by atoms with Crippen molar-refractivity contribution >= 4 is 56.7 Å². The molecule has 0 atom stereocenters. The van der Waals surface area contributed by atoms with Crippen molar-refractivity contribution in [2.75, 3.05) is 17.2 Å². The monoisotopic (exact) mass is 361 g/mol. The van der Waals surface area contributed by atoms with Crippen LogP contribution in [-0.4, -0.2) is 21.5 Å². The number of halogens is 3. The molecule has 0 saturated heterocycles. The fourth-order valence-corrected chi connectivity index (χ4v) is 2.03. The Balaban J connectivity index is 2.29. The molecule has 0 aliphatic carbocycles. The lowest BCUT2D eigenvalue weighted by Gasteiger charge is -2.09. The van der Waals surface area contributed by atoms with Crippen LogP contribution in [0.1, 0.15) is 6.92 Å². The van der Waals surface area contributed by atoms with E-state index in [2.05, 4.69) is 41.5 Å². The molecule has 1 aromatic heterocycles. The highest BCUT2D eigenvalue weighted by Crippen LogP contribution is 2.28. The molecule has 2 rings (SSSR count). The number of nitrogens with zero attached hydrogens (tertiary/aromatic N) is 3. The number of hydrogen-bond donors (Lipinski definition) is 2. The number of nitrogens with one attached hydrogen (secondary N) is 2. The second-order valence-electron chi connectivity index (χ2n) is 3.53. The quantitative estimate of drug-likeness (QED) is 0.856. The largest absolute Gasteiger partial charge is 0.354 e. The van der Waals surface area contributed by atoms with Crippen LogP contribution in [0.15, 0.2) is 22.7 Å². The maximum absolute atomic E-state index is 5.94. The van der Waals surface area contributed by atoms with E-state index in [4.69, 9.17) is 23.2 Å². The molecule has 19 heavy (non-hydrogen) atoms. The summed E-state index contributed by atoms with van der Waals surface area (Å²) in [6.45, 7) is 2.64. The van der Waals surface area contributed by atoms with Gasteiger partial charge < -0.3 is 10.6 Å².